The van der Waals surface area contributed by atoms with Gasteiger partial charge in [0.2, 0.25) is 0 Å². The lowest BCUT2D eigenvalue weighted by atomic mass is 9.89. The van der Waals surface area contributed by atoms with E-state index in [1.807, 2.05) is 0 Å². The van der Waals surface area contributed by atoms with Crippen LogP contribution in [0.2, 0.25) is 0 Å². The third-order valence-electron chi connectivity index (χ3n) is 5.47. The lowest BCUT2D eigenvalue weighted by Crippen LogP contribution is -2.42. The van der Waals surface area contributed by atoms with Gasteiger partial charge in [0.1, 0.15) is 5.75 Å². The van der Waals surface area contributed by atoms with Gasteiger partial charge in [0.15, 0.2) is 11.7 Å². The van der Waals surface area contributed by atoms with E-state index in [9.17, 15) is 42.9 Å². The van der Waals surface area contributed by atoms with Crippen molar-refractivity contribution in [3.63, 3.8) is 0 Å². The molecule has 0 spiro atoms. The molecule has 0 radical (unpaired) electrons. The number of hydrogen-bond acceptors (Lipinski definition) is 8. The average Bonchev–Trinajstić information content (AvgIpc) is 2.82. The highest BCUT2D eigenvalue weighted by Crippen LogP contribution is 2.35. The summed E-state index contributed by atoms with van der Waals surface area (Å²) in [5.41, 5.74) is -0.664. The first-order valence-corrected chi connectivity index (χ1v) is 12.1. The summed E-state index contributed by atoms with van der Waals surface area (Å²) in [6, 6.07) is 6.86. The van der Waals surface area contributed by atoms with Gasteiger partial charge in [-0.2, -0.15) is 13.2 Å². The first kappa shape index (κ1) is 28.9. The molecule has 0 saturated heterocycles. The summed E-state index contributed by atoms with van der Waals surface area (Å²) in [4.78, 5) is 40.6. The SMILES string of the molecule is O=C(O)C[C@H](CC(=O)CNC(=O)c1cc(O)cc(NC2=NCC(O)CN2)c1)c1cc(Br)cc(C(F)(F)F)c1. The lowest BCUT2D eigenvalue weighted by Gasteiger charge is -2.20. The number of alkyl halides is 3. The third kappa shape index (κ3) is 8.45. The number of Topliss-reactive ketones (excluding diaryl/α,β-unsaturated/α-hetero) is 1. The molecular weight excluding hydrogens is 577 g/mol. The fraction of sp³-hybridized carbons (Fsp3) is 0.333. The molecule has 1 unspecified atom stereocenters. The number of nitrogens with zero attached hydrogens (tertiary/aromatic N) is 1. The molecule has 1 aliphatic rings. The van der Waals surface area contributed by atoms with Crippen molar-refractivity contribution in [1.29, 1.82) is 0 Å². The molecule has 6 N–H and O–H groups in total. The average molecular weight is 601 g/mol. The van der Waals surface area contributed by atoms with Crippen LogP contribution in [0.15, 0.2) is 45.9 Å². The van der Waals surface area contributed by atoms with Crippen LogP contribution in [0.5, 0.6) is 5.75 Å². The number of carbonyl (C=O) groups is 3. The summed E-state index contributed by atoms with van der Waals surface area (Å²) >= 11 is 2.99. The standard InChI is InChI=1S/C24H24BrF3N4O6/c25-16-2-12(1-15(7-16)24(26,27)28)13(6-21(36)37)4-19(34)9-29-22(38)14-3-17(8-18(33)5-14)32-23-30-10-20(35)11-31-23/h1-3,5,7-8,13,20,33,35H,4,6,9-11H2,(H,29,38)(H,36,37)(H2,30,31,32)/t13-/m0/s1. The van der Waals surface area contributed by atoms with E-state index in [1.165, 1.54) is 18.2 Å². The number of phenols is 1. The largest absolute Gasteiger partial charge is 0.508 e. The second-order valence-electron chi connectivity index (χ2n) is 8.61. The maximum Gasteiger partial charge on any atom is 0.416 e. The number of halogens is 4. The molecule has 14 heteroatoms. The number of nitrogens with one attached hydrogen (secondary N) is 3. The van der Waals surface area contributed by atoms with Crippen molar-refractivity contribution in [1.82, 2.24) is 10.6 Å². The summed E-state index contributed by atoms with van der Waals surface area (Å²) in [6.45, 7) is -0.0794. The van der Waals surface area contributed by atoms with Gasteiger partial charge in [-0.05, 0) is 35.9 Å². The van der Waals surface area contributed by atoms with E-state index in [0.29, 0.717) is 11.6 Å². The number of amides is 1. The molecule has 0 saturated carbocycles. The Balaban J connectivity index is 1.67. The smallest absolute Gasteiger partial charge is 0.416 e. The van der Waals surface area contributed by atoms with Crippen molar-refractivity contribution in [3.8, 4) is 5.75 Å². The van der Waals surface area contributed by atoms with Crippen molar-refractivity contribution in [3.05, 3.63) is 57.6 Å². The Labute approximate surface area is 223 Å². The first-order valence-electron chi connectivity index (χ1n) is 11.3. The second-order valence-corrected chi connectivity index (χ2v) is 9.52. The number of benzene rings is 2. The molecule has 3 rings (SSSR count). The minimum Gasteiger partial charge on any atom is -0.508 e. The number of hydrogen-bond donors (Lipinski definition) is 6. The normalized spacial score (nSPS) is 16.1. The monoisotopic (exact) mass is 600 g/mol. The third-order valence-corrected chi connectivity index (χ3v) is 5.93. The Bertz CT molecular complexity index is 1250. The fourth-order valence-corrected chi connectivity index (χ4v) is 4.24. The van der Waals surface area contributed by atoms with Crippen LogP contribution in [0.25, 0.3) is 0 Å². The Kier molecular flexibility index (Phi) is 9.33. The molecule has 1 amide bonds. The molecule has 2 aromatic carbocycles. The van der Waals surface area contributed by atoms with Crippen LogP contribution in [-0.4, -0.2) is 64.7 Å². The minimum absolute atomic E-state index is 0.000592. The number of β-amino-alcohol motifs (C(OH)–C–C–N with tert-alkyl or cyclic N) is 1. The van der Waals surface area contributed by atoms with Crippen molar-refractivity contribution in [2.45, 2.75) is 31.0 Å². The molecule has 38 heavy (non-hydrogen) atoms. The summed E-state index contributed by atoms with van der Waals surface area (Å²) in [7, 11) is 0. The molecule has 2 atom stereocenters. The van der Waals surface area contributed by atoms with Crippen molar-refractivity contribution >= 4 is 45.2 Å². The predicted molar refractivity (Wildman–Crippen MR) is 134 cm³/mol. The zero-order chi connectivity index (χ0) is 28.0. The summed E-state index contributed by atoms with van der Waals surface area (Å²) in [5.74, 6) is -3.60. The number of aromatic hydroxyl groups is 1. The van der Waals surface area contributed by atoms with E-state index in [0.717, 1.165) is 18.2 Å². The molecule has 0 aromatic heterocycles. The van der Waals surface area contributed by atoms with E-state index in [1.54, 1.807) is 0 Å². The van der Waals surface area contributed by atoms with Crippen LogP contribution in [0.4, 0.5) is 18.9 Å². The van der Waals surface area contributed by atoms with E-state index >= 15 is 0 Å². The number of rotatable bonds is 9. The Hall–Kier alpha value is -3.65. The van der Waals surface area contributed by atoms with E-state index in [-0.39, 0.29) is 34.4 Å². The van der Waals surface area contributed by atoms with E-state index in [2.05, 4.69) is 36.9 Å². The maximum absolute atomic E-state index is 13.2. The Morgan fingerprint density at radius 2 is 1.87 bits per heavy atom. The van der Waals surface area contributed by atoms with Crippen LogP contribution in [0, 0.1) is 0 Å². The van der Waals surface area contributed by atoms with Gasteiger partial charge in [-0.3, -0.25) is 19.4 Å². The van der Waals surface area contributed by atoms with Gasteiger partial charge in [0.25, 0.3) is 5.91 Å². The number of carboxylic acids is 1. The molecule has 1 heterocycles. The molecule has 1 aliphatic heterocycles. The van der Waals surface area contributed by atoms with Crippen molar-refractivity contribution < 1.29 is 42.9 Å². The number of aliphatic hydroxyl groups is 1. The minimum atomic E-state index is -4.67. The van der Waals surface area contributed by atoms with Crippen LogP contribution >= 0.6 is 15.9 Å². The van der Waals surface area contributed by atoms with Gasteiger partial charge >= 0.3 is 12.1 Å². The Morgan fingerprint density at radius 3 is 2.50 bits per heavy atom. The van der Waals surface area contributed by atoms with Gasteiger partial charge < -0.3 is 31.3 Å². The zero-order valence-corrected chi connectivity index (χ0v) is 21.3. The topological polar surface area (TPSA) is 160 Å². The highest BCUT2D eigenvalue weighted by atomic mass is 79.9. The number of carbonyl (C=O) groups excluding carboxylic acids is 2. The number of aliphatic hydroxyl groups excluding tert-OH is 1. The number of anilines is 1. The van der Waals surface area contributed by atoms with Gasteiger partial charge in [-0.15, -0.1) is 0 Å². The van der Waals surface area contributed by atoms with Crippen LogP contribution < -0.4 is 16.0 Å². The van der Waals surface area contributed by atoms with Crippen molar-refractivity contribution in [2.75, 3.05) is 25.0 Å². The number of phenolic OH excluding ortho intramolecular Hbond substituents is 1. The first-order chi connectivity index (χ1) is 17.8. The van der Waals surface area contributed by atoms with E-state index < -0.39 is 60.8 Å². The van der Waals surface area contributed by atoms with E-state index in [4.69, 9.17) is 0 Å². The van der Waals surface area contributed by atoms with Crippen molar-refractivity contribution in [2.24, 2.45) is 4.99 Å². The molecule has 0 bridgehead atoms. The second kappa shape index (κ2) is 12.3. The zero-order valence-electron chi connectivity index (χ0n) is 19.7. The molecule has 10 nitrogen and oxygen atoms in total. The fourth-order valence-electron chi connectivity index (χ4n) is 3.72. The van der Waals surface area contributed by atoms with Crippen LogP contribution in [0.3, 0.4) is 0 Å². The predicted octanol–water partition coefficient (Wildman–Crippen LogP) is 2.85. The lowest BCUT2D eigenvalue weighted by molar-refractivity contribution is -0.138. The van der Waals surface area contributed by atoms with Crippen LogP contribution in [-0.2, 0) is 15.8 Å². The summed E-state index contributed by atoms with van der Waals surface area (Å²) < 4.78 is 39.7. The van der Waals surface area contributed by atoms with Gasteiger partial charge in [-0.25, -0.2) is 0 Å². The Morgan fingerprint density at radius 1 is 1.13 bits per heavy atom. The van der Waals surface area contributed by atoms with Gasteiger partial charge in [-0.1, -0.05) is 15.9 Å². The van der Waals surface area contributed by atoms with Gasteiger partial charge in [0.05, 0.1) is 31.2 Å². The number of ketones is 1. The number of aliphatic imine (C=N–C) groups is 1. The highest BCUT2D eigenvalue weighted by molar-refractivity contribution is 9.10. The highest BCUT2D eigenvalue weighted by Gasteiger charge is 2.32. The van der Waals surface area contributed by atoms with Crippen LogP contribution in [0.1, 0.15) is 40.2 Å². The summed E-state index contributed by atoms with van der Waals surface area (Å²) in [6.07, 6.45) is -6.32. The number of carboxylic acid groups (broad SMARTS) is 1. The molecular formula is C24H24BrF3N4O6. The molecule has 0 fully saturated rings. The molecule has 204 valence electrons. The maximum atomic E-state index is 13.2. The molecule has 0 aliphatic carbocycles. The number of aliphatic carboxylic acids is 1. The van der Waals surface area contributed by atoms with Gasteiger partial charge in [0, 0.05) is 40.7 Å². The molecule has 2 aromatic rings. The number of guanidine groups is 1. The summed E-state index contributed by atoms with van der Waals surface area (Å²) in [5, 5.41) is 36.8. The quantitative estimate of drug-likeness (QED) is 0.256.